The quantitative estimate of drug-likeness (QED) is 0.602. The molecule has 0 saturated heterocycles. The van der Waals surface area contributed by atoms with Gasteiger partial charge in [0.05, 0.1) is 17.3 Å². The van der Waals surface area contributed by atoms with Gasteiger partial charge in [0.15, 0.2) is 5.65 Å². The third kappa shape index (κ3) is 2.40. The predicted molar refractivity (Wildman–Crippen MR) is 101 cm³/mol. The Morgan fingerprint density at radius 2 is 1.69 bits per heavy atom. The molecule has 0 aliphatic carbocycles. The molecule has 4 rings (SSSR count). The summed E-state index contributed by atoms with van der Waals surface area (Å²) in [6.45, 7) is 3.71. The van der Waals surface area contributed by atoms with E-state index in [4.69, 9.17) is 10.2 Å². The molecule has 126 valence electrons. The largest absolute Gasteiger partial charge is 0.293 e. The lowest BCUT2D eigenvalue weighted by atomic mass is 10.0. The monoisotopic (exact) mass is 340 g/mol. The lowest BCUT2D eigenvalue weighted by Crippen LogP contribution is -2.19. The molecule has 0 saturated carbocycles. The van der Waals surface area contributed by atoms with Crippen LogP contribution in [0.2, 0.25) is 0 Å². The number of nitriles is 1. The molecule has 2 aromatic heterocycles. The minimum atomic E-state index is -0.125. The van der Waals surface area contributed by atoms with Gasteiger partial charge < -0.3 is 0 Å². The van der Waals surface area contributed by atoms with Crippen molar-refractivity contribution in [2.24, 2.45) is 0 Å². The molecule has 5 heteroatoms. The minimum Gasteiger partial charge on any atom is -0.293 e. The van der Waals surface area contributed by atoms with Crippen LogP contribution in [-0.4, -0.2) is 14.6 Å². The highest BCUT2D eigenvalue weighted by molar-refractivity contribution is 5.81. The van der Waals surface area contributed by atoms with Crippen molar-refractivity contribution < 1.29 is 0 Å². The maximum Gasteiger partial charge on any atom is 0.276 e. The van der Waals surface area contributed by atoms with E-state index in [0.717, 1.165) is 22.4 Å². The minimum absolute atomic E-state index is 0.125. The van der Waals surface area contributed by atoms with Gasteiger partial charge in [0.2, 0.25) is 0 Å². The molecule has 0 aliphatic heterocycles. The number of aromatic amines is 1. The number of fused-ring (bicyclic) bond motifs is 1. The molecular weight excluding hydrogens is 324 g/mol. The molecule has 0 radical (unpaired) electrons. The summed E-state index contributed by atoms with van der Waals surface area (Å²) in [4.78, 5) is 17.7. The van der Waals surface area contributed by atoms with E-state index in [-0.39, 0.29) is 5.56 Å². The highest BCUT2D eigenvalue weighted by atomic mass is 16.1. The van der Waals surface area contributed by atoms with Crippen LogP contribution in [0.5, 0.6) is 0 Å². The number of aryl methyl sites for hydroxylation is 1. The molecule has 0 aliphatic rings. The van der Waals surface area contributed by atoms with Crippen LogP contribution < -0.4 is 5.56 Å². The van der Waals surface area contributed by atoms with Crippen LogP contribution in [0.15, 0.2) is 59.4 Å². The maximum atomic E-state index is 12.9. The third-order valence-electron chi connectivity index (χ3n) is 4.54. The second-order valence-electron chi connectivity index (χ2n) is 6.22. The van der Waals surface area contributed by atoms with Gasteiger partial charge in [0.25, 0.3) is 5.56 Å². The molecule has 26 heavy (non-hydrogen) atoms. The molecule has 4 aromatic rings. The summed E-state index contributed by atoms with van der Waals surface area (Å²) >= 11 is 0. The van der Waals surface area contributed by atoms with Gasteiger partial charge in [0.1, 0.15) is 0 Å². The molecule has 2 aromatic carbocycles. The average Bonchev–Trinajstić information content (AvgIpc) is 3.01. The van der Waals surface area contributed by atoms with Gasteiger partial charge in [-0.1, -0.05) is 42.5 Å². The molecule has 0 spiro atoms. The number of nitrogens with zero attached hydrogens (tertiary/aromatic N) is 3. The molecule has 1 N–H and O–H groups in total. The fourth-order valence-electron chi connectivity index (χ4n) is 3.20. The average molecular weight is 340 g/mol. The molecule has 0 unspecified atom stereocenters. The normalized spacial score (nSPS) is 10.8. The number of H-pyrrole nitrogens is 1. The van der Waals surface area contributed by atoms with Crippen molar-refractivity contribution in [1.82, 2.24) is 14.6 Å². The molecule has 0 fully saturated rings. The van der Waals surface area contributed by atoms with Crippen molar-refractivity contribution in [1.29, 1.82) is 5.26 Å². The van der Waals surface area contributed by atoms with Gasteiger partial charge in [-0.05, 0) is 31.5 Å². The Hall–Kier alpha value is -3.65. The Bertz CT molecular complexity index is 1210. The van der Waals surface area contributed by atoms with Gasteiger partial charge in [-0.3, -0.25) is 9.89 Å². The first-order valence-electron chi connectivity index (χ1n) is 8.28. The molecular formula is C21H16N4O. The first-order valence-corrected chi connectivity index (χ1v) is 8.28. The smallest absolute Gasteiger partial charge is 0.276 e. The van der Waals surface area contributed by atoms with E-state index in [0.29, 0.717) is 22.5 Å². The Balaban J connectivity index is 2.02. The van der Waals surface area contributed by atoms with Gasteiger partial charge in [0, 0.05) is 22.4 Å². The summed E-state index contributed by atoms with van der Waals surface area (Å²) in [6.07, 6.45) is 0. The molecule has 0 amide bonds. The Labute approximate surface area is 150 Å². The number of nitrogens with one attached hydrogen (secondary N) is 1. The summed E-state index contributed by atoms with van der Waals surface area (Å²) in [5.74, 6) is 0. The van der Waals surface area contributed by atoms with Crippen LogP contribution in [0.3, 0.4) is 0 Å². The first-order chi connectivity index (χ1) is 12.6. The van der Waals surface area contributed by atoms with Gasteiger partial charge >= 0.3 is 0 Å². The van der Waals surface area contributed by atoms with Gasteiger partial charge in [-0.15, -0.1) is 0 Å². The lowest BCUT2D eigenvalue weighted by Gasteiger charge is -2.07. The summed E-state index contributed by atoms with van der Waals surface area (Å²) in [5.41, 5.74) is 5.87. The Morgan fingerprint density at radius 1 is 1.00 bits per heavy atom. The topological polar surface area (TPSA) is 73.9 Å². The van der Waals surface area contributed by atoms with Crippen LogP contribution in [-0.2, 0) is 0 Å². The van der Waals surface area contributed by atoms with E-state index in [1.807, 2.05) is 49.4 Å². The van der Waals surface area contributed by atoms with Crippen molar-refractivity contribution in [3.63, 3.8) is 0 Å². The molecule has 0 atom stereocenters. The Kier molecular flexibility index (Phi) is 3.67. The van der Waals surface area contributed by atoms with E-state index in [1.54, 1.807) is 19.1 Å². The van der Waals surface area contributed by atoms with Crippen molar-refractivity contribution >= 4 is 5.65 Å². The second-order valence-corrected chi connectivity index (χ2v) is 6.22. The van der Waals surface area contributed by atoms with Crippen LogP contribution in [0.1, 0.15) is 16.8 Å². The van der Waals surface area contributed by atoms with Crippen molar-refractivity contribution in [2.75, 3.05) is 0 Å². The summed E-state index contributed by atoms with van der Waals surface area (Å²) in [5, 5.41) is 12.1. The maximum absolute atomic E-state index is 12.9. The zero-order valence-corrected chi connectivity index (χ0v) is 14.4. The van der Waals surface area contributed by atoms with E-state index in [1.165, 1.54) is 4.52 Å². The summed E-state index contributed by atoms with van der Waals surface area (Å²) in [7, 11) is 0. The van der Waals surface area contributed by atoms with Crippen molar-refractivity contribution in [2.45, 2.75) is 13.8 Å². The second kappa shape index (κ2) is 6.01. The van der Waals surface area contributed by atoms with E-state index in [9.17, 15) is 4.79 Å². The zero-order valence-electron chi connectivity index (χ0n) is 14.4. The lowest BCUT2D eigenvalue weighted by molar-refractivity contribution is 0.871. The third-order valence-corrected chi connectivity index (χ3v) is 4.54. The first kappa shape index (κ1) is 15.9. The molecule has 0 bridgehead atoms. The van der Waals surface area contributed by atoms with E-state index in [2.05, 4.69) is 11.2 Å². The predicted octanol–water partition coefficient (Wildman–Crippen LogP) is 3.85. The zero-order chi connectivity index (χ0) is 18.3. The van der Waals surface area contributed by atoms with Gasteiger partial charge in [-0.2, -0.15) is 5.26 Å². The van der Waals surface area contributed by atoms with Crippen molar-refractivity contribution in [3.8, 4) is 28.5 Å². The number of hydrogen-bond donors (Lipinski definition) is 1. The highest BCUT2D eigenvalue weighted by Gasteiger charge is 2.18. The fourth-order valence-corrected chi connectivity index (χ4v) is 3.20. The standard InChI is InChI=1S/C21H16N4O/c1-13-19(17-10-8-15(12-22)9-11-17)23-20-18(16-6-4-3-5-7-16)14(2)24-25(20)21(13)26/h3-11,24H,1-2H3. The van der Waals surface area contributed by atoms with Gasteiger partial charge in [-0.25, -0.2) is 9.50 Å². The molecule has 5 nitrogen and oxygen atoms in total. The number of hydrogen-bond acceptors (Lipinski definition) is 3. The number of rotatable bonds is 2. The SMILES string of the molecule is Cc1[nH]n2c(=O)c(C)c(-c3ccc(C#N)cc3)nc2c1-c1ccccc1. The van der Waals surface area contributed by atoms with Crippen LogP contribution in [0.25, 0.3) is 28.0 Å². The Morgan fingerprint density at radius 3 is 2.35 bits per heavy atom. The molecule has 2 heterocycles. The number of aromatic nitrogens is 3. The van der Waals surface area contributed by atoms with E-state index < -0.39 is 0 Å². The van der Waals surface area contributed by atoms with Crippen LogP contribution in [0, 0.1) is 25.2 Å². The summed E-state index contributed by atoms with van der Waals surface area (Å²) < 4.78 is 1.50. The summed E-state index contributed by atoms with van der Waals surface area (Å²) in [6, 6.07) is 19.1. The van der Waals surface area contributed by atoms with Crippen LogP contribution >= 0.6 is 0 Å². The van der Waals surface area contributed by atoms with Crippen molar-refractivity contribution in [3.05, 3.63) is 81.8 Å². The fraction of sp³-hybridized carbons (Fsp3) is 0.0952. The highest BCUT2D eigenvalue weighted by Crippen LogP contribution is 2.28. The van der Waals surface area contributed by atoms with Crippen LogP contribution in [0.4, 0.5) is 0 Å². The number of benzene rings is 2. The van der Waals surface area contributed by atoms with E-state index >= 15 is 0 Å².